The SMILES string of the molecule is CC(C)(CNC(=O)COc1ccc(CN)cc1)C(N)=O. The molecule has 0 saturated carbocycles. The van der Waals surface area contributed by atoms with Crippen molar-refractivity contribution >= 4 is 11.8 Å². The Morgan fingerprint density at radius 3 is 2.35 bits per heavy atom. The van der Waals surface area contributed by atoms with E-state index < -0.39 is 11.3 Å². The molecule has 2 amide bonds. The molecule has 0 aliphatic carbocycles. The molecular formula is C14H21N3O3. The van der Waals surface area contributed by atoms with E-state index in [4.69, 9.17) is 16.2 Å². The van der Waals surface area contributed by atoms with Crippen LogP contribution in [0.4, 0.5) is 0 Å². The molecule has 1 rings (SSSR count). The van der Waals surface area contributed by atoms with E-state index in [0.717, 1.165) is 5.56 Å². The van der Waals surface area contributed by atoms with Crippen molar-refractivity contribution in [1.82, 2.24) is 5.32 Å². The van der Waals surface area contributed by atoms with Gasteiger partial charge < -0.3 is 21.5 Å². The number of ether oxygens (including phenoxy) is 1. The molecule has 0 spiro atoms. The largest absolute Gasteiger partial charge is 0.484 e. The Labute approximate surface area is 118 Å². The van der Waals surface area contributed by atoms with Crippen LogP contribution in [0.3, 0.4) is 0 Å². The summed E-state index contributed by atoms with van der Waals surface area (Å²) in [6.45, 7) is 3.86. The smallest absolute Gasteiger partial charge is 0.257 e. The van der Waals surface area contributed by atoms with E-state index in [1.807, 2.05) is 12.1 Å². The van der Waals surface area contributed by atoms with Crippen LogP contribution in [-0.4, -0.2) is 25.0 Å². The predicted molar refractivity (Wildman–Crippen MR) is 75.8 cm³/mol. The molecule has 6 nitrogen and oxygen atoms in total. The lowest BCUT2D eigenvalue weighted by molar-refractivity contribution is -0.127. The summed E-state index contributed by atoms with van der Waals surface area (Å²) >= 11 is 0. The maximum Gasteiger partial charge on any atom is 0.257 e. The molecule has 0 unspecified atom stereocenters. The number of carbonyl (C=O) groups is 2. The van der Waals surface area contributed by atoms with Crippen LogP contribution in [-0.2, 0) is 16.1 Å². The zero-order valence-corrected chi connectivity index (χ0v) is 11.8. The highest BCUT2D eigenvalue weighted by Gasteiger charge is 2.25. The van der Waals surface area contributed by atoms with E-state index >= 15 is 0 Å². The maximum absolute atomic E-state index is 11.6. The lowest BCUT2D eigenvalue weighted by atomic mass is 9.93. The summed E-state index contributed by atoms with van der Waals surface area (Å²) in [5.74, 6) is -0.176. The Hall–Kier alpha value is -2.08. The molecule has 5 N–H and O–H groups in total. The topological polar surface area (TPSA) is 107 Å². The van der Waals surface area contributed by atoms with Gasteiger partial charge in [-0.25, -0.2) is 0 Å². The molecule has 0 radical (unpaired) electrons. The number of nitrogens with one attached hydrogen (secondary N) is 1. The number of carbonyl (C=O) groups excluding carboxylic acids is 2. The fourth-order valence-corrected chi connectivity index (χ4v) is 1.33. The van der Waals surface area contributed by atoms with Gasteiger partial charge in [-0.3, -0.25) is 9.59 Å². The van der Waals surface area contributed by atoms with Gasteiger partial charge in [0.15, 0.2) is 6.61 Å². The minimum atomic E-state index is -0.779. The van der Waals surface area contributed by atoms with Gasteiger partial charge in [0, 0.05) is 13.1 Å². The quantitative estimate of drug-likeness (QED) is 0.660. The molecule has 6 heteroatoms. The molecule has 0 aliphatic heterocycles. The Morgan fingerprint density at radius 2 is 1.85 bits per heavy atom. The zero-order chi connectivity index (χ0) is 15.2. The highest BCUT2D eigenvalue weighted by atomic mass is 16.5. The molecule has 0 fully saturated rings. The Balaban J connectivity index is 2.38. The van der Waals surface area contributed by atoms with Crippen LogP contribution in [0, 0.1) is 5.41 Å². The molecule has 110 valence electrons. The first-order valence-corrected chi connectivity index (χ1v) is 6.33. The van der Waals surface area contributed by atoms with E-state index in [0.29, 0.717) is 12.3 Å². The summed E-state index contributed by atoms with van der Waals surface area (Å²) < 4.78 is 5.32. The molecule has 0 aromatic heterocycles. The van der Waals surface area contributed by atoms with Crippen molar-refractivity contribution in [1.29, 1.82) is 0 Å². The van der Waals surface area contributed by atoms with Crippen molar-refractivity contribution in [3.8, 4) is 5.75 Å². The highest BCUT2D eigenvalue weighted by molar-refractivity contribution is 5.82. The number of primary amides is 1. The van der Waals surface area contributed by atoms with Crippen LogP contribution in [0.15, 0.2) is 24.3 Å². The fourth-order valence-electron chi connectivity index (χ4n) is 1.33. The number of hydrogen-bond donors (Lipinski definition) is 3. The second-order valence-corrected chi connectivity index (χ2v) is 5.16. The number of nitrogens with two attached hydrogens (primary N) is 2. The van der Waals surface area contributed by atoms with Crippen molar-refractivity contribution in [2.75, 3.05) is 13.2 Å². The lowest BCUT2D eigenvalue weighted by Crippen LogP contribution is -2.43. The van der Waals surface area contributed by atoms with E-state index in [9.17, 15) is 9.59 Å². The minimum Gasteiger partial charge on any atom is -0.484 e. The minimum absolute atomic E-state index is 0.114. The van der Waals surface area contributed by atoms with Crippen LogP contribution >= 0.6 is 0 Å². The first kappa shape index (κ1) is 16.0. The molecular weight excluding hydrogens is 258 g/mol. The number of rotatable bonds is 7. The van der Waals surface area contributed by atoms with Gasteiger partial charge in [0.1, 0.15) is 5.75 Å². The Bertz CT molecular complexity index is 469. The van der Waals surface area contributed by atoms with E-state index in [-0.39, 0.29) is 19.1 Å². The van der Waals surface area contributed by atoms with Crippen LogP contribution in [0.2, 0.25) is 0 Å². The summed E-state index contributed by atoms with van der Waals surface area (Å²) in [6.07, 6.45) is 0. The van der Waals surface area contributed by atoms with Crippen molar-refractivity contribution in [2.45, 2.75) is 20.4 Å². The Kier molecular flexibility index (Phi) is 5.52. The molecule has 1 aromatic carbocycles. The average Bonchev–Trinajstić information content (AvgIpc) is 2.43. The van der Waals surface area contributed by atoms with Gasteiger partial charge in [-0.2, -0.15) is 0 Å². The second-order valence-electron chi connectivity index (χ2n) is 5.16. The summed E-state index contributed by atoms with van der Waals surface area (Å²) in [6, 6.07) is 7.18. The van der Waals surface area contributed by atoms with Gasteiger partial charge in [-0.1, -0.05) is 12.1 Å². The van der Waals surface area contributed by atoms with Gasteiger partial charge in [0.2, 0.25) is 5.91 Å². The maximum atomic E-state index is 11.6. The van der Waals surface area contributed by atoms with Crippen molar-refractivity contribution < 1.29 is 14.3 Å². The van der Waals surface area contributed by atoms with Gasteiger partial charge in [0.05, 0.1) is 5.41 Å². The monoisotopic (exact) mass is 279 g/mol. The molecule has 0 aliphatic rings. The van der Waals surface area contributed by atoms with E-state index in [1.165, 1.54) is 0 Å². The number of hydrogen-bond acceptors (Lipinski definition) is 4. The fraction of sp³-hybridized carbons (Fsp3) is 0.429. The highest BCUT2D eigenvalue weighted by Crippen LogP contribution is 2.13. The van der Waals surface area contributed by atoms with Gasteiger partial charge in [-0.15, -0.1) is 0 Å². The molecule has 0 atom stereocenters. The first-order chi connectivity index (χ1) is 9.35. The third-order valence-electron chi connectivity index (χ3n) is 2.92. The second kappa shape index (κ2) is 6.91. The molecule has 1 aromatic rings. The molecule has 0 bridgehead atoms. The van der Waals surface area contributed by atoms with Crippen molar-refractivity contribution in [3.05, 3.63) is 29.8 Å². The summed E-state index contributed by atoms with van der Waals surface area (Å²) in [5, 5.41) is 2.61. The Morgan fingerprint density at radius 1 is 1.25 bits per heavy atom. The van der Waals surface area contributed by atoms with E-state index in [1.54, 1.807) is 26.0 Å². The van der Waals surface area contributed by atoms with Crippen molar-refractivity contribution in [3.63, 3.8) is 0 Å². The average molecular weight is 279 g/mol. The van der Waals surface area contributed by atoms with Crippen LogP contribution in [0.25, 0.3) is 0 Å². The number of amides is 2. The van der Waals surface area contributed by atoms with Crippen LogP contribution in [0.1, 0.15) is 19.4 Å². The van der Waals surface area contributed by atoms with Crippen LogP contribution in [0.5, 0.6) is 5.75 Å². The zero-order valence-electron chi connectivity index (χ0n) is 11.8. The van der Waals surface area contributed by atoms with Gasteiger partial charge >= 0.3 is 0 Å². The van der Waals surface area contributed by atoms with Crippen molar-refractivity contribution in [2.24, 2.45) is 16.9 Å². The van der Waals surface area contributed by atoms with Gasteiger partial charge in [0.25, 0.3) is 5.91 Å². The summed E-state index contributed by atoms with van der Waals surface area (Å²) in [4.78, 5) is 22.7. The third kappa shape index (κ3) is 4.89. The third-order valence-corrected chi connectivity index (χ3v) is 2.92. The predicted octanol–water partition coefficient (Wildman–Crippen LogP) is 0.152. The summed E-state index contributed by atoms with van der Waals surface area (Å²) in [7, 11) is 0. The standard InChI is InChI=1S/C14H21N3O3/c1-14(2,13(16)19)9-17-12(18)8-20-11-5-3-10(7-15)4-6-11/h3-6H,7-9,15H2,1-2H3,(H2,16,19)(H,17,18). The van der Waals surface area contributed by atoms with E-state index in [2.05, 4.69) is 5.32 Å². The normalized spacial score (nSPS) is 10.9. The lowest BCUT2D eigenvalue weighted by Gasteiger charge is -2.20. The first-order valence-electron chi connectivity index (χ1n) is 6.33. The van der Waals surface area contributed by atoms with Gasteiger partial charge in [-0.05, 0) is 31.5 Å². The molecule has 0 heterocycles. The van der Waals surface area contributed by atoms with Crippen LogP contribution < -0.4 is 21.5 Å². The summed E-state index contributed by atoms with van der Waals surface area (Å²) in [5.41, 5.74) is 10.9. The molecule has 0 saturated heterocycles. The molecule has 20 heavy (non-hydrogen) atoms. The number of benzene rings is 1.